The van der Waals surface area contributed by atoms with E-state index in [2.05, 4.69) is 57.3 Å². The second kappa shape index (κ2) is 4.87. The van der Waals surface area contributed by atoms with Crippen LogP contribution in [0.1, 0.15) is 70.5 Å². The minimum absolute atomic E-state index is 0.339. The van der Waals surface area contributed by atoms with Gasteiger partial charge in [-0.2, -0.15) is 0 Å². The summed E-state index contributed by atoms with van der Waals surface area (Å²) in [6.45, 7) is 9.68. The molecule has 2 aliphatic carbocycles. The van der Waals surface area contributed by atoms with E-state index in [1.54, 1.807) is 11.1 Å². The van der Waals surface area contributed by atoms with Gasteiger partial charge < -0.3 is 5.32 Å². The van der Waals surface area contributed by atoms with Crippen molar-refractivity contribution < 1.29 is 0 Å². The van der Waals surface area contributed by atoms with Crippen molar-refractivity contribution in [1.29, 1.82) is 0 Å². The van der Waals surface area contributed by atoms with Crippen LogP contribution in [0.4, 0.5) is 0 Å². The number of fused-ring (bicyclic) bond motifs is 1. The predicted molar refractivity (Wildman–Crippen MR) is 85.8 cm³/mol. The number of rotatable bonds is 2. The third-order valence-corrected chi connectivity index (χ3v) is 5.40. The van der Waals surface area contributed by atoms with Crippen LogP contribution in [0.5, 0.6) is 0 Å². The number of nitrogens with one attached hydrogen (secondary N) is 1. The lowest BCUT2D eigenvalue weighted by Gasteiger charge is -2.40. The first kappa shape index (κ1) is 14.1. The molecule has 1 N–H and O–H groups in total. The Bertz CT molecular complexity index is 486. The van der Waals surface area contributed by atoms with Gasteiger partial charge in [0.05, 0.1) is 0 Å². The van der Waals surface area contributed by atoms with Crippen molar-refractivity contribution in [3.8, 4) is 0 Å². The summed E-state index contributed by atoms with van der Waals surface area (Å²) in [7, 11) is 0. The highest BCUT2D eigenvalue weighted by Gasteiger charge is 2.40. The molecule has 3 rings (SSSR count). The van der Waals surface area contributed by atoms with Crippen LogP contribution in [0.15, 0.2) is 24.3 Å². The molecule has 0 aliphatic heterocycles. The highest BCUT2D eigenvalue weighted by atomic mass is 15.0. The Kier molecular flexibility index (Phi) is 3.44. The smallest absolute Gasteiger partial charge is 0.0380 e. The molecule has 1 saturated carbocycles. The monoisotopic (exact) mass is 271 g/mol. The average molecular weight is 271 g/mol. The number of hydrogen-bond donors (Lipinski definition) is 1. The van der Waals surface area contributed by atoms with Gasteiger partial charge in [0.15, 0.2) is 0 Å². The van der Waals surface area contributed by atoms with Crippen LogP contribution in [-0.2, 0) is 6.42 Å². The first-order valence-electron chi connectivity index (χ1n) is 8.21. The first-order valence-corrected chi connectivity index (χ1v) is 8.21. The minimum Gasteiger partial charge on any atom is -0.307 e. The van der Waals surface area contributed by atoms with Gasteiger partial charge in [-0.25, -0.2) is 0 Å². The zero-order valence-corrected chi connectivity index (χ0v) is 13.5. The highest BCUT2D eigenvalue weighted by molar-refractivity contribution is 5.37. The Morgan fingerprint density at radius 2 is 1.85 bits per heavy atom. The Hall–Kier alpha value is -0.820. The maximum absolute atomic E-state index is 4.02. The van der Waals surface area contributed by atoms with Crippen LogP contribution in [0.25, 0.3) is 0 Å². The van der Waals surface area contributed by atoms with Crippen LogP contribution < -0.4 is 5.32 Å². The van der Waals surface area contributed by atoms with Crippen molar-refractivity contribution >= 4 is 0 Å². The molecule has 1 heteroatoms. The molecule has 2 unspecified atom stereocenters. The summed E-state index contributed by atoms with van der Waals surface area (Å²) in [5.41, 5.74) is 3.94. The summed E-state index contributed by atoms with van der Waals surface area (Å²) in [5, 5.41) is 4.02. The molecule has 1 aromatic carbocycles. The molecule has 0 bridgehead atoms. The predicted octanol–water partition coefficient (Wildman–Crippen LogP) is 4.87. The van der Waals surface area contributed by atoms with Crippen LogP contribution >= 0.6 is 0 Å². The summed E-state index contributed by atoms with van der Waals surface area (Å²) in [6, 6.07) is 10.2. The SMILES string of the molecule is CC1(C)CCCC(NC2c3ccccc3CC2(C)C)C1. The van der Waals surface area contributed by atoms with E-state index in [9.17, 15) is 0 Å². The maximum atomic E-state index is 4.02. The molecule has 1 fully saturated rings. The summed E-state index contributed by atoms with van der Waals surface area (Å²) in [6.07, 6.45) is 6.63. The molecule has 1 aromatic rings. The fraction of sp³-hybridized carbons (Fsp3) is 0.684. The third-order valence-electron chi connectivity index (χ3n) is 5.40. The van der Waals surface area contributed by atoms with Crippen molar-refractivity contribution in [1.82, 2.24) is 5.32 Å². The third kappa shape index (κ3) is 2.65. The van der Waals surface area contributed by atoms with E-state index in [0.29, 0.717) is 22.9 Å². The molecule has 0 spiro atoms. The van der Waals surface area contributed by atoms with E-state index >= 15 is 0 Å². The molecule has 1 nitrogen and oxygen atoms in total. The van der Waals surface area contributed by atoms with Crippen LogP contribution in [-0.4, -0.2) is 6.04 Å². The highest BCUT2D eigenvalue weighted by Crippen LogP contribution is 2.46. The largest absolute Gasteiger partial charge is 0.307 e. The quantitative estimate of drug-likeness (QED) is 0.809. The molecule has 0 heterocycles. The molecular weight excluding hydrogens is 242 g/mol. The minimum atomic E-state index is 0.339. The van der Waals surface area contributed by atoms with Gasteiger partial charge in [0, 0.05) is 12.1 Å². The standard InChI is InChI=1S/C19H29N/c1-18(2)11-7-9-15(13-18)20-17-16-10-6-5-8-14(16)12-19(17,3)4/h5-6,8,10,15,17,20H,7,9,11-13H2,1-4H3. The molecule has 0 saturated heterocycles. The van der Waals surface area contributed by atoms with Gasteiger partial charge in [-0.3, -0.25) is 0 Å². The molecule has 2 atom stereocenters. The van der Waals surface area contributed by atoms with Crippen LogP contribution in [0.2, 0.25) is 0 Å². The van der Waals surface area contributed by atoms with Crippen LogP contribution in [0, 0.1) is 10.8 Å². The van der Waals surface area contributed by atoms with Gasteiger partial charge in [-0.05, 0) is 47.6 Å². The average Bonchev–Trinajstić information content (AvgIpc) is 2.59. The molecule has 0 radical (unpaired) electrons. The lowest BCUT2D eigenvalue weighted by Crippen LogP contribution is -2.42. The van der Waals surface area contributed by atoms with E-state index in [1.165, 1.54) is 32.1 Å². The zero-order valence-electron chi connectivity index (χ0n) is 13.5. The summed E-state index contributed by atoms with van der Waals surface area (Å²) >= 11 is 0. The van der Waals surface area contributed by atoms with Gasteiger partial charge in [0.1, 0.15) is 0 Å². The van der Waals surface area contributed by atoms with Crippen molar-refractivity contribution in [3.63, 3.8) is 0 Å². The molecule has 20 heavy (non-hydrogen) atoms. The maximum Gasteiger partial charge on any atom is 0.0380 e. The number of hydrogen-bond acceptors (Lipinski definition) is 1. The molecule has 110 valence electrons. The lowest BCUT2D eigenvalue weighted by molar-refractivity contribution is 0.161. The van der Waals surface area contributed by atoms with Crippen molar-refractivity contribution in [3.05, 3.63) is 35.4 Å². The molecule has 0 amide bonds. The second-order valence-corrected chi connectivity index (χ2v) is 8.42. The van der Waals surface area contributed by atoms with Gasteiger partial charge in [0.2, 0.25) is 0 Å². The fourth-order valence-corrected chi connectivity index (χ4v) is 4.38. The van der Waals surface area contributed by atoms with E-state index in [4.69, 9.17) is 0 Å². The fourth-order valence-electron chi connectivity index (χ4n) is 4.38. The molecular formula is C19H29N. The lowest BCUT2D eigenvalue weighted by atomic mass is 9.74. The number of benzene rings is 1. The zero-order chi connectivity index (χ0) is 14.4. The van der Waals surface area contributed by atoms with Crippen molar-refractivity contribution in [2.24, 2.45) is 10.8 Å². The van der Waals surface area contributed by atoms with E-state index in [1.807, 2.05) is 0 Å². The Balaban J connectivity index is 1.79. The van der Waals surface area contributed by atoms with Crippen LogP contribution in [0.3, 0.4) is 0 Å². The van der Waals surface area contributed by atoms with E-state index in [0.717, 1.165) is 0 Å². The van der Waals surface area contributed by atoms with E-state index < -0.39 is 0 Å². The summed E-state index contributed by atoms with van der Waals surface area (Å²) in [4.78, 5) is 0. The molecule has 2 aliphatic rings. The summed E-state index contributed by atoms with van der Waals surface area (Å²) in [5.74, 6) is 0. The Labute approximate surface area is 124 Å². The van der Waals surface area contributed by atoms with Crippen molar-refractivity contribution in [2.75, 3.05) is 0 Å². The Morgan fingerprint density at radius 3 is 2.60 bits per heavy atom. The van der Waals surface area contributed by atoms with Gasteiger partial charge in [-0.15, -0.1) is 0 Å². The normalized spacial score (nSPS) is 31.0. The van der Waals surface area contributed by atoms with Gasteiger partial charge >= 0.3 is 0 Å². The van der Waals surface area contributed by atoms with Crippen molar-refractivity contribution in [2.45, 2.75) is 71.9 Å². The van der Waals surface area contributed by atoms with E-state index in [-0.39, 0.29) is 0 Å². The van der Waals surface area contributed by atoms with Gasteiger partial charge in [-0.1, -0.05) is 58.4 Å². The van der Waals surface area contributed by atoms with Gasteiger partial charge in [0.25, 0.3) is 0 Å². The topological polar surface area (TPSA) is 12.0 Å². The summed E-state index contributed by atoms with van der Waals surface area (Å²) < 4.78 is 0. The Morgan fingerprint density at radius 1 is 1.10 bits per heavy atom. The first-order chi connectivity index (χ1) is 9.37. The molecule has 0 aromatic heterocycles. The second-order valence-electron chi connectivity index (χ2n) is 8.42.